The first-order valence-electron chi connectivity index (χ1n) is 7.28. The van der Waals surface area contributed by atoms with Gasteiger partial charge in [-0.15, -0.1) is 11.3 Å². The Hall–Kier alpha value is -1.19. The molecule has 1 atom stereocenters. The van der Waals surface area contributed by atoms with Crippen LogP contribution in [0.1, 0.15) is 28.1 Å². The predicted molar refractivity (Wildman–Crippen MR) is 87.5 cm³/mol. The Morgan fingerprint density at radius 3 is 2.70 bits per heavy atom. The van der Waals surface area contributed by atoms with E-state index in [1.165, 1.54) is 28.1 Å². The Bertz CT molecular complexity index is 533. The highest BCUT2D eigenvalue weighted by atomic mass is 32.1. The number of benzene rings is 1. The van der Waals surface area contributed by atoms with E-state index in [0.29, 0.717) is 5.92 Å². The van der Waals surface area contributed by atoms with Crippen molar-refractivity contribution in [2.24, 2.45) is 5.92 Å². The number of hydrogen-bond donors (Lipinski definition) is 1. The second kappa shape index (κ2) is 7.55. The van der Waals surface area contributed by atoms with Crippen LogP contribution in [0, 0.1) is 19.8 Å². The highest BCUT2D eigenvalue weighted by Gasteiger charge is 2.12. The van der Waals surface area contributed by atoms with E-state index in [0.717, 1.165) is 19.4 Å². The van der Waals surface area contributed by atoms with Gasteiger partial charge in [-0.05, 0) is 63.7 Å². The number of nitrogens with zero attached hydrogens (tertiary/aromatic N) is 1. The molecule has 108 valence electrons. The number of hydrogen-bond acceptors (Lipinski definition) is 3. The van der Waals surface area contributed by atoms with Crippen molar-refractivity contribution in [1.82, 2.24) is 10.3 Å². The summed E-state index contributed by atoms with van der Waals surface area (Å²) in [5, 5.41) is 3.34. The van der Waals surface area contributed by atoms with E-state index in [1.54, 1.807) is 11.3 Å². The maximum Gasteiger partial charge on any atom is 0.0797 e. The molecule has 0 aliphatic rings. The molecule has 0 aliphatic heterocycles. The average molecular weight is 288 g/mol. The molecule has 0 fully saturated rings. The fraction of sp³-hybridized carbons (Fsp3) is 0.471. The third-order valence-electron chi connectivity index (χ3n) is 3.89. The molecule has 20 heavy (non-hydrogen) atoms. The summed E-state index contributed by atoms with van der Waals surface area (Å²) in [5.74, 6) is 0.683. The highest BCUT2D eigenvalue weighted by Crippen LogP contribution is 2.20. The van der Waals surface area contributed by atoms with Crippen LogP contribution in [0.15, 0.2) is 29.8 Å². The van der Waals surface area contributed by atoms with Crippen LogP contribution in [0.5, 0.6) is 0 Å². The molecule has 0 radical (unpaired) electrons. The topological polar surface area (TPSA) is 24.9 Å². The van der Waals surface area contributed by atoms with Crippen LogP contribution in [0.4, 0.5) is 0 Å². The van der Waals surface area contributed by atoms with Gasteiger partial charge in [-0.1, -0.05) is 24.3 Å². The van der Waals surface area contributed by atoms with Gasteiger partial charge in [-0.2, -0.15) is 0 Å². The van der Waals surface area contributed by atoms with Crippen LogP contribution in [0.3, 0.4) is 0 Å². The van der Waals surface area contributed by atoms with Gasteiger partial charge < -0.3 is 5.32 Å². The van der Waals surface area contributed by atoms with E-state index in [-0.39, 0.29) is 0 Å². The van der Waals surface area contributed by atoms with Gasteiger partial charge in [0.15, 0.2) is 0 Å². The Balaban J connectivity index is 1.97. The molecule has 1 N–H and O–H groups in total. The normalized spacial score (nSPS) is 12.6. The number of aromatic nitrogens is 1. The van der Waals surface area contributed by atoms with Crippen LogP contribution in [-0.4, -0.2) is 18.6 Å². The molecular formula is C17H24N2S. The monoisotopic (exact) mass is 288 g/mol. The molecular weight excluding hydrogens is 264 g/mol. The first-order valence-corrected chi connectivity index (χ1v) is 8.16. The molecule has 0 bridgehead atoms. The molecule has 1 unspecified atom stereocenters. The maximum absolute atomic E-state index is 4.34. The molecule has 0 amide bonds. The van der Waals surface area contributed by atoms with Gasteiger partial charge in [0.05, 0.1) is 11.2 Å². The quantitative estimate of drug-likeness (QED) is 0.839. The van der Waals surface area contributed by atoms with Gasteiger partial charge in [0, 0.05) is 4.88 Å². The zero-order valence-corrected chi connectivity index (χ0v) is 13.5. The molecule has 0 aliphatic carbocycles. The second-order valence-electron chi connectivity index (χ2n) is 5.45. The molecule has 0 saturated carbocycles. The zero-order chi connectivity index (χ0) is 14.4. The lowest BCUT2D eigenvalue weighted by molar-refractivity contribution is 0.461. The van der Waals surface area contributed by atoms with E-state index in [1.807, 2.05) is 12.6 Å². The molecule has 0 saturated heterocycles. The molecule has 1 aromatic carbocycles. The fourth-order valence-electron chi connectivity index (χ4n) is 2.62. The largest absolute Gasteiger partial charge is 0.319 e. The van der Waals surface area contributed by atoms with Gasteiger partial charge in [-0.3, -0.25) is 0 Å². The van der Waals surface area contributed by atoms with Crippen molar-refractivity contribution < 1.29 is 0 Å². The van der Waals surface area contributed by atoms with Gasteiger partial charge in [0.1, 0.15) is 0 Å². The lowest BCUT2D eigenvalue weighted by Gasteiger charge is -2.17. The molecule has 2 nitrogen and oxygen atoms in total. The third kappa shape index (κ3) is 4.15. The number of aryl methyl sites for hydroxylation is 3. The summed E-state index contributed by atoms with van der Waals surface area (Å²) in [6, 6.07) is 8.73. The Labute approximate surface area is 126 Å². The lowest BCUT2D eigenvalue weighted by atomic mass is 9.92. The van der Waals surface area contributed by atoms with Crippen molar-refractivity contribution in [3.63, 3.8) is 0 Å². The van der Waals surface area contributed by atoms with Crippen LogP contribution in [-0.2, 0) is 12.8 Å². The van der Waals surface area contributed by atoms with Crippen molar-refractivity contribution in [3.05, 3.63) is 51.5 Å². The summed E-state index contributed by atoms with van der Waals surface area (Å²) in [4.78, 5) is 5.78. The summed E-state index contributed by atoms with van der Waals surface area (Å²) in [7, 11) is 2.04. The van der Waals surface area contributed by atoms with E-state index in [2.05, 4.69) is 48.4 Å². The summed E-state index contributed by atoms with van der Waals surface area (Å²) in [6.07, 6.45) is 3.53. The minimum absolute atomic E-state index is 0.683. The number of nitrogens with one attached hydrogen (secondary N) is 1. The van der Waals surface area contributed by atoms with E-state index in [4.69, 9.17) is 0 Å². The van der Waals surface area contributed by atoms with Crippen molar-refractivity contribution in [2.45, 2.75) is 33.1 Å². The summed E-state index contributed by atoms with van der Waals surface area (Å²) in [6.45, 7) is 5.39. The summed E-state index contributed by atoms with van der Waals surface area (Å²) >= 11 is 1.79. The second-order valence-corrected chi connectivity index (χ2v) is 6.39. The SMILES string of the molecule is CNCC(CCc1scnc1C)Cc1ccccc1C. The van der Waals surface area contributed by atoms with Crippen LogP contribution in [0.25, 0.3) is 0 Å². The summed E-state index contributed by atoms with van der Waals surface area (Å²) in [5.41, 5.74) is 6.05. The number of thiazole rings is 1. The Kier molecular flexibility index (Phi) is 5.74. The van der Waals surface area contributed by atoms with Gasteiger partial charge in [-0.25, -0.2) is 4.98 Å². The standard InChI is InChI=1S/C17H24N2S/c1-13-6-4-5-7-16(13)10-15(11-18-3)8-9-17-14(2)19-12-20-17/h4-7,12,15,18H,8-11H2,1-3H3. The van der Waals surface area contributed by atoms with E-state index in [9.17, 15) is 0 Å². The smallest absolute Gasteiger partial charge is 0.0797 e. The van der Waals surface area contributed by atoms with Gasteiger partial charge in [0.25, 0.3) is 0 Å². The van der Waals surface area contributed by atoms with Crippen molar-refractivity contribution >= 4 is 11.3 Å². The van der Waals surface area contributed by atoms with Crippen molar-refractivity contribution in [3.8, 4) is 0 Å². The Morgan fingerprint density at radius 1 is 1.25 bits per heavy atom. The predicted octanol–water partition coefficient (Wildman–Crippen LogP) is 3.77. The van der Waals surface area contributed by atoms with Gasteiger partial charge >= 0.3 is 0 Å². The number of rotatable bonds is 7. The highest BCUT2D eigenvalue weighted by molar-refractivity contribution is 7.09. The van der Waals surface area contributed by atoms with Crippen LogP contribution in [0.2, 0.25) is 0 Å². The molecule has 3 heteroatoms. The van der Waals surface area contributed by atoms with Crippen LogP contribution < -0.4 is 5.32 Å². The van der Waals surface area contributed by atoms with E-state index >= 15 is 0 Å². The average Bonchev–Trinajstić information content (AvgIpc) is 2.84. The van der Waals surface area contributed by atoms with Crippen molar-refractivity contribution in [1.29, 1.82) is 0 Å². The molecule has 0 spiro atoms. The molecule has 1 aromatic heterocycles. The minimum atomic E-state index is 0.683. The van der Waals surface area contributed by atoms with E-state index < -0.39 is 0 Å². The molecule has 1 heterocycles. The van der Waals surface area contributed by atoms with Crippen LogP contribution >= 0.6 is 11.3 Å². The molecule has 2 aromatic rings. The molecule has 2 rings (SSSR count). The third-order valence-corrected chi connectivity index (χ3v) is 4.88. The lowest BCUT2D eigenvalue weighted by Crippen LogP contribution is -2.21. The maximum atomic E-state index is 4.34. The first kappa shape index (κ1) is 15.2. The van der Waals surface area contributed by atoms with Gasteiger partial charge in [0.2, 0.25) is 0 Å². The van der Waals surface area contributed by atoms with Crippen molar-refractivity contribution in [2.75, 3.05) is 13.6 Å². The minimum Gasteiger partial charge on any atom is -0.319 e. The fourth-order valence-corrected chi connectivity index (χ4v) is 3.41. The zero-order valence-electron chi connectivity index (χ0n) is 12.6. The Morgan fingerprint density at radius 2 is 2.05 bits per heavy atom. The summed E-state index contributed by atoms with van der Waals surface area (Å²) < 4.78 is 0. The first-order chi connectivity index (χ1) is 9.70.